The van der Waals surface area contributed by atoms with Gasteiger partial charge in [-0.15, -0.1) is 0 Å². The summed E-state index contributed by atoms with van der Waals surface area (Å²) in [4.78, 5) is 37.8. The molecule has 0 bridgehead atoms. The molecule has 3 unspecified atom stereocenters. The molecule has 0 radical (unpaired) electrons. The summed E-state index contributed by atoms with van der Waals surface area (Å²) in [5.74, 6) is -0.540. The van der Waals surface area contributed by atoms with Gasteiger partial charge in [0.25, 0.3) is 0 Å². The molecule has 1 amide bonds. The molecule has 0 saturated heterocycles. The van der Waals surface area contributed by atoms with E-state index < -0.39 is 20.0 Å². The first-order chi connectivity index (χ1) is 38.9. The van der Waals surface area contributed by atoms with Gasteiger partial charge in [0.05, 0.1) is 33.8 Å². The van der Waals surface area contributed by atoms with Crippen LogP contribution in [0.1, 0.15) is 297 Å². The first-order valence-corrected chi connectivity index (χ1v) is 34.9. The van der Waals surface area contributed by atoms with Crippen LogP contribution in [0.25, 0.3) is 0 Å². The molecule has 0 spiro atoms. The van der Waals surface area contributed by atoms with Gasteiger partial charge in [0.15, 0.2) is 0 Å². The number of nitrogens with one attached hydrogen (secondary N) is 1. The van der Waals surface area contributed by atoms with E-state index in [-0.39, 0.29) is 31.5 Å². The average Bonchev–Trinajstić information content (AvgIpc) is 3.42. The van der Waals surface area contributed by atoms with Crippen LogP contribution in [0.15, 0.2) is 85.1 Å². The van der Waals surface area contributed by atoms with Gasteiger partial charge < -0.3 is 19.4 Å². The number of ether oxygens (including phenoxy) is 1. The van der Waals surface area contributed by atoms with Gasteiger partial charge >= 0.3 is 13.8 Å². The van der Waals surface area contributed by atoms with E-state index in [9.17, 15) is 19.0 Å². The number of unbranched alkanes of at least 4 members (excludes halogenated alkanes) is 33. The fourth-order valence-corrected chi connectivity index (χ4v) is 10.1. The van der Waals surface area contributed by atoms with E-state index in [0.29, 0.717) is 23.9 Å². The molecule has 0 aromatic heterocycles. The van der Waals surface area contributed by atoms with E-state index in [1.807, 2.05) is 33.3 Å². The second-order valence-electron chi connectivity index (χ2n) is 23.7. The van der Waals surface area contributed by atoms with Crippen LogP contribution in [0.2, 0.25) is 0 Å². The predicted octanol–water partition coefficient (Wildman–Crippen LogP) is 21.0. The zero-order chi connectivity index (χ0) is 58.6. The maximum atomic E-state index is 13.6. The van der Waals surface area contributed by atoms with Crippen molar-refractivity contribution in [2.45, 2.75) is 309 Å². The number of amides is 1. The molecule has 0 aromatic carbocycles. The molecule has 464 valence electrons. The van der Waals surface area contributed by atoms with Crippen LogP contribution in [0.5, 0.6) is 0 Å². The highest BCUT2D eigenvalue weighted by atomic mass is 31.2. The van der Waals surface area contributed by atoms with Crippen LogP contribution >= 0.6 is 7.82 Å². The summed E-state index contributed by atoms with van der Waals surface area (Å²) in [6.07, 6.45) is 78.7. The third-order valence-electron chi connectivity index (χ3n) is 14.6. The lowest BCUT2D eigenvalue weighted by atomic mass is 10.0. The Balaban J connectivity index is 5.21. The van der Waals surface area contributed by atoms with E-state index in [1.54, 1.807) is 0 Å². The van der Waals surface area contributed by atoms with Crippen molar-refractivity contribution in [2.75, 3.05) is 40.9 Å². The predicted molar refractivity (Wildman–Crippen MR) is 346 cm³/mol. The summed E-state index contributed by atoms with van der Waals surface area (Å²) in [5.41, 5.74) is 0. The molecule has 0 heterocycles. The quantitative estimate of drug-likeness (QED) is 0.0156. The Bertz CT molecular complexity index is 1640. The normalized spacial score (nSPS) is 14.1. The number of hydrogen-bond acceptors (Lipinski definition) is 6. The Labute approximate surface area is 495 Å². The van der Waals surface area contributed by atoms with Gasteiger partial charge in [0.2, 0.25) is 5.91 Å². The van der Waals surface area contributed by atoms with E-state index in [2.05, 4.69) is 99.0 Å². The van der Waals surface area contributed by atoms with Crippen molar-refractivity contribution in [1.82, 2.24) is 5.32 Å². The summed E-state index contributed by atoms with van der Waals surface area (Å²) in [5, 5.41) is 3.05. The largest absolute Gasteiger partial charge is 0.472 e. The van der Waals surface area contributed by atoms with Gasteiger partial charge in [-0.2, -0.15) is 0 Å². The van der Waals surface area contributed by atoms with Crippen molar-refractivity contribution in [2.24, 2.45) is 0 Å². The molecule has 10 heteroatoms. The molecule has 0 rings (SSSR count). The zero-order valence-corrected chi connectivity index (χ0v) is 54.0. The second kappa shape index (κ2) is 59.4. The highest BCUT2D eigenvalue weighted by molar-refractivity contribution is 7.47. The molecule has 3 atom stereocenters. The van der Waals surface area contributed by atoms with Crippen molar-refractivity contribution in [1.29, 1.82) is 0 Å². The average molecular weight is 1140 g/mol. The van der Waals surface area contributed by atoms with Crippen LogP contribution in [-0.2, 0) is 27.9 Å². The molecule has 0 fully saturated rings. The van der Waals surface area contributed by atoms with Gasteiger partial charge in [-0.25, -0.2) is 4.57 Å². The van der Waals surface area contributed by atoms with Gasteiger partial charge in [-0.1, -0.05) is 267 Å². The Hall–Kier alpha value is -2.81. The fourth-order valence-electron chi connectivity index (χ4n) is 9.39. The Morgan fingerprint density at radius 1 is 0.450 bits per heavy atom. The van der Waals surface area contributed by atoms with Crippen LogP contribution in [0.4, 0.5) is 0 Å². The molecular formula is C70H128N2O7P+. The number of phosphoric ester groups is 1. The third-order valence-corrected chi connectivity index (χ3v) is 15.6. The van der Waals surface area contributed by atoms with E-state index in [4.69, 9.17) is 13.8 Å². The Morgan fingerprint density at radius 2 is 0.800 bits per heavy atom. The molecule has 0 aliphatic rings. The van der Waals surface area contributed by atoms with E-state index in [1.165, 1.54) is 161 Å². The van der Waals surface area contributed by atoms with Crippen molar-refractivity contribution < 1.29 is 37.3 Å². The van der Waals surface area contributed by atoms with Crippen molar-refractivity contribution in [3.8, 4) is 0 Å². The first kappa shape index (κ1) is 77.2. The number of likely N-dealkylation sites (N-methyl/N-ethyl adjacent to an activating group) is 1. The zero-order valence-electron chi connectivity index (χ0n) is 53.1. The Morgan fingerprint density at radius 3 is 1.25 bits per heavy atom. The molecule has 9 nitrogen and oxygen atoms in total. The number of carbonyl (C=O) groups excluding carboxylic acids is 2. The van der Waals surface area contributed by atoms with Crippen LogP contribution in [-0.4, -0.2) is 74.3 Å². The lowest BCUT2D eigenvalue weighted by Crippen LogP contribution is -2.47. The summed E-state index contributed by atoms with van der Waals surface area (Å²) in [6.45, 7) is 6.97. The van der Waals surface area contributed by atoms with Gasteiger partial charge in [0, 0.05) is 12.8 Å². The summed E-state index contributed by atoms with van der Waals surface area (Å²) >= 11 is 0. The lowest BCUT2D eigenvalue weighted by molar-refractivity contribution is -0.870. The number of allylic oxidation sites excluding steroid dienone is 13. The SMILES string of the molecule is CCCCC/C=C\C/C=C\C/C=C\C/C=C\CCCCCCCCCCCC(=O)OC(/C=C\CCCCCCCCCCCCC)C(COP(=O)(O)OCC[N+](C)(C)C)NC(=O)CCCCC/C=C/C=C/CCCCCCCCC. The van der Waals surface area contributed by atoms with Crippen LogP contribution in [0.3, 0.4) is 0 Å². The fraction of sp³-hybridized carbons (Fsp3) is 0.771. The van der Waals surface area contributed by atoms with Crippen LogP contribution in [0, 0.1) is 0 Å². The number of quaternary nitrogens is 1. The molecular weight excluding hydrogens is 1010 g/mol. The molecule has 80 heavy (non-hydrogen) atoms. The maximum Gasteiger partial charge on any atom is 0.472 e. The first-order valence-electron chi connectivity index (χ1n) is 33.4. The summed E-state index contributed by atoms with van der Waals surface area (Å²) in [7, 11) is 1.47. The number of phosphoric acid groups is 1. The number of esters is 1. The molecule has 0 saturated carbocycles. The van der Waals surface area contributed by atoms with E-state index in [0.717, 1.165) is 96.3 Å². The molecule has 0 aromatic rings. The maximum absolute atomic E-state index is 13.6. The molecule has 2 N–H and O–H groups in total. The monoisotopic (exact) mass is 1140 g/mol. The number of nitrogens with zero attached hydrogens (tertiary/aromatic N) is 1. The highest BCUT2D eigenvalue weighted by Crippen LogP contribution is 2.43. The van der Waals surface area contributed by atoms with Gasteiger partial charge in [0.1, 0.15) is 19.3 Å². The summed E-state index contributed by atoms with van der Waals surface area (Å²) in [6, 6.07) is -0.869. The number of rotatable bonds is 60. The number of hydrogen-bond donors (Lipinski definition) is 2. The highest BCUT2D eigenvalue weighted by Gasteiger charge is 2.30. The third kappa shape index (κ3) is 59.8. The Kier molecular flexibility index (Phi) is 57.3. The smallest absolute Gasteiger partial charge is 0.456 e. The second-order valence-corrected chi connectivity index (χ2v) is 25.1. The molecule has 0 aliphatic heterocycles. The standard InChI is InChI=1S/C70H127N2O7P/c1-7-10-13-16-19-22-25-28-30-32-33-34-35-36-37-38-39-40-42-45-48-51-54-57-60-63-70(74)79-68(61-58-55-52-49-46-43-27-24-21-18-15-12-9-3)67(66-78-80(75,76)77-65-64-72(4,5)6)71-69(73)62-59-56-53-50-47-44-41-31-29-26-23-20-17-14-11-8-2/h19,22,28,30-31,33-34,36-37,41,44,47,58,61,67-68H,7-18,20-21,23-27,29,32,35,38-40,42-43,45-46,48-57,59-60,62-66H2,1-6H3,(H-,71,73,75,76)/p+1/b22-19-,30-28-,34-33-,37-36-,41-31+,47-44+,61-58-. The van der Waals surface area contributed by atoms with Crippen molar-refractivity contribution >= 4 is 19.7 Å². The number of carbonyl (C=O) groups is 2. The summed E-state index contributed by atoms with van der Waals surface area (Å²) < 4.78 is 30.7. The van der Waals surface area contributed by atoms with E-state index >= 15 is 0 Å². The lowest BCUT2D eigenvalue weighted by Gasteiger charge is -2.27. The van der Waals surface area contributed by atoms with Crippen molar-refractivity contribution in [3.05, 3.63) is 85.1 Å². The minimum atomic E-state index is -4.46. The van der Waals surface area contributed by atoms with Crippen LogP contribution < -0.4 is 5.32 Å². The topological polar surface area (TPSA) is 111 Å². The minimum absolute atomic E-state index is 0.0314. The van der Waals surface area contributed by atoms with Crippen molar-refractivity contribution in [3.63, 3.8) is 0 Å². The van der Waals surface area contributed by atoms with Gasteiger partial charge in [-0.3, -0.25) is 18.6 Å². The van der Waals surface area contributed by atoms with Gasteiger partial charge in [-0.05, 0) is 102 Å². The minimum Gasteiger partial charge on any atom is -0.456 e. The molecule has 0 aliphatic carbocycles.